The zero-order chi connectivity index (χ0) is 16.4. The van der Waals surface area contributed by atoms with Crippen LogP contribution in [0, 0.1) is 11.6 Å². The van der Waals surface area contributed by atoms with Crippen LogP contribution in [0.2, 0.25) is 5.02 Å². The zero-order valence-electron chi connectivity index (χ0n) is 11.9. The Balaban J connectivity index is 1.94. The van der Waals surface area contributed by atoms with Crippen LogP contribution in [-0.2, 0) is 0 Å². The van der Waals surface area contributed by atoms with Crippen LogP contribution in [0.15, 0.2) is 66.7 Å². The Morgan fingerprint density at radius 3 is 2.00 bits per heavy atom. The van der Waals surface area contributed by atoms with Crippen molar-refractivity contribution in [2.24, 2.45) is 0 Å². The summed E-state index contributed by atoms with van der Waals surface area (Å²) in [7, 11) is 0. The number of rotatable bonds is 3. The molecular formula is C19H11ClF2O. The van der Waals surface area contributed by atoms with E-state index in [2.05, 4.69) is 0 Å². The van der Waals surface area contributed by atoms with Gasteiger partial charge in [-0.3, -0.25) is 4.79 Å². The minimum atomic E-state index is -0.619. The molecule has 0 aromatic heterocycles. The Hall–Kier alpha value is -2.52. The predicted octanol–water partition coefficient (Wildman–Crippen LogP) is 5.52. The first kappa shape index (κ1) is 15.4. The summed E-state index contributed by atoms with van der Waals surface area (Å²) in [5.41, 5.74) is 1.64. The number of hydrogen-bond donors (Lipinski definition) is 0. The lowest BCUT2D eigenvalue weighted by atomic mass is 9.99. The Morgan fingerprint density at radius 1 is 0.783 bits per heavy atom. The van der Waals surface area contributed by atoms with Gasteiger partial charge in [-0.15, -0.1) is 0 Å². The van der Waals surface area contributed by atoms with Gasteiger partial charge in [0.15, 0.2) is 5.78 Å². The minimum Gasteiger partial charge on any atom is -0.288 e. The molecule has 0 unspecified atom stereocenters. The molecule has 0 saturated carbocycles. The summed E-state index contributed by atoms with van der Waals surface area (Å²) in [6.45, 7) is 0. The maximum atomic E-state index is 14.3. The van der Waals surface area contributed by atoms with E-state index in [1.165, 1.54) is 36.4 Å². The fourth-order valence-corrected chi connectivity index (χ4v) is 2.40. The van der Waals surface area contributed by atoms with Crippen molar-refractivity contribution in [3.05, 3.63) is 94.5 Å². The SMILES string of the molecule is O=C(c1ccc(F)cc1)c1ccc(-c2ccc(Cl)cc2)cc1F. The Kier molecular flexibility index (Phi) is 4.22. The second-order valence-corrected chi connectivity index (χ2v) is 5.47. The third kappa shape index (κ3) is 3.30. The predicted molar refractivity (Wildman–Crippen MR) is 86.7 cm³/mol. The van der Waals surface area contributed by atoms with Crippen molar-refractivity contribution < 1.29 is 13.6 Å². The lowest BCUT2D eigenvalue weighted by Crippen LogP contribution is -2.04. The first-order valence-corrected chi connectivity index (χ1v) is 7.28. The van der Waals surface area contributed by atoms with Gasteiger partial charge in [-0.2, -0.15) is 0 Å². The second-order valence-electron chi connectivity index (χ2n) is 5.04. The molecule has 0 bridgehead atoms. The van der Waals surface area contributed by atoms with Crippen LogP contribution in [0.1, 0.15) is 15.9 Å². The summed E-state index contributed by atoms with van der Waals surface area (Å²) < 4.78 is 27.2. The number of carbonyl (C=O) groups is 1. The van der Waals surface area contributed by atoms with E-state index in [9.17, 15) is 13.6 Å². The van der Waals surface area contributed by atoms with E-state index in [0.717, 1.165) is 5.56 Å². The molecule has 3 rings (SSSR count). The van der Waals surface area contributed by atoms with E-state index in [4.69, 9.17) is 11.6 Å². The van der Waals surface area contributed by atoms with Crippen molar-refractivity contribution in [1.82, 2.24) is 0 Å². The molecule has 0 aliphatic heterocycles. The molecule has 0 N–H and O–H groups in total. The largest absolute Gasteiger partial charge is 0.288 e. The molecule has 0 aliphatic carbocycles. The van der Waals surface area contributed by atoms with Gasteiger partial charge in [0.1, 0.15) is 11.6 Å². The highest BCUT2D eigenvalue weighted by Gasteiger charge is 2.15. The third-order valence-electron chi connectivity index (χ3n) is 3.50. The summed E-state index contributed by atoms with van der Waals surface area (Å²) in [6.07, 6.45) is 0. The molecule has 3 aromatic rings. The Bertz CT molecular complexity index is 856. The van der Waals surface area contributed by atoms with Gasteiger partial charge >= 0.3 is 0 Å². The number of halogens is 3. The second kappa shape index (κ2) is 6.31. The average molecular weight is 329 g/mol. The van der Waals surface area contributed by atoms with Crippen LogP contribution < -0.4 is 0 Å². The molecule has 0 heterocycles. The van der Waals surface area contributed by atoms with Gasteiger partial charge in [-0.25, -0.2) is 8.78 Å². The Morgan fingerprint density at radius 2 is 1.39 bits per heavy atom. The fraction of sp³-hybridized carbons (Fsp3) is 0. The quantitative estimate of drug-likeness (QED) is 0.579. The molecule has 0 fully saturated rings. The van der Waals surface area contributed by atoms with E-state index in [1.807, 2.05) is 0 Å². The molecule has 0 spiro atoms. The van der Waals surface area contributed by atoms with Crippen LogP contribution in [0.25, 0.3) is 11.1 Å². The molecule has 0 atom stereocenters. The zero-order valence-corrected chi connectivity index (χ0v) is 12.6. The Labute approximate surface area is 137 Å². The maximum Gasteiger partial charge on any atom is 0.195 e. The summed E-state index contributed by atoms with van der Waals surface area (Å²) in [5.74, 6) is -1.54. The van der Waals surface area contributed by atoms with E-state index >= 15 is 0 Å². The molecular weight excluding hydrogens is 318 g/mol. The van der Waals surface area contributed by atoms with Crippen molar-refractivity contribution in [1.29, 1.82) is 0 Å². The van der Waals surface area contributed by atoms with Gasteiger partial charge < -0.3 is 0 Å². The minimum absolute atomic E-state index is 0.0469. The van der Waals surface area contributed by atoms with Gasteiger partial charge in [0.05, 0.1) is 5.56 Å². The van der Waals surface area contributed by atoms with Gasteiger partial charge in [0.25, 0.3) is 0 Å². The molecule has 23 heavy (non-hydrogen) atoms. The number of hydrogen-bond acceptors (Lipinski definition) is 1. The van der Waals surface area contributed by atoms with Crippen LogP contribution in [0.3, 0.4) is 0 Å². The van der Waals surface area contributed by atoms with Crippen molar-refractivity contribution in [2.45, 2.75) is 0 Å². The molecule has 4 heteroatoms. The van der Waals surface area contributed by atoms with Gasteiger partial charge in [-0.1, -0.05) is 29.8 Å². The average Bonchev–Trinajstić information content (AvgIpc) is 2.55. The lowest BCUT2D eigenvalue weighted by molar-refractivity contribution is 0.103. The van der Waals surface area contributed by atoms with E-state index in [1.54, 1.807) is 30.3 Å². The number of ketones is 1. The highest BCUT2D eigenvalue weighted by molar-refractivity contribution is 6.30. The molecule has 0 amide bonds. The highest BCUT2D eigenvalue weighted by Crippen LogP contribution is 2.24. The molecule has 1 nitrogen and oxygen atoms in total. The van der Waals surface area contributed by atoms with Gasteiger partial charge in [0.2, 0.25) is 0 Å². The molecule has 0 aliphatic rings. The monoisotopic (exact) mass is 328 g/mol. The van der Waals surface area contributed by atoms with E-state index in [0.29, 0.717) is 10.6 Å². The van der Waals surface area contributed by atoms with Crippen LogP contribution in [-0.4, -0.2) is 5.78 Å². The first-order chi connectivity index (χ1) is 11.0. The first-order valence-electron chi connectivity index (χ1n) is 6.90. The van der Waals surface area contributed by atoms with Crippen molar-refractivity contribution in [3.63, 3.8) is 0 Å². The number of benzene rings is 3. The summed E-state index contributed by atoms with van der Waals surface area (Å²) in [5, 5.41) is 0.595. The molecule has 0 radical (unpaired) electrons. The smallest absolute Gasteiger partial charge is 0.195 e. The lowest BCUT2D eigenvalue weighted by Gasteiger charge is -2.06. The van der Waals surface area contributed by atoms with Crippen molar-refractivity contribution in [2.75, 3.05) is 0 Å². The van der Waals surface area contributed by atoms with Gasteiger partial charge in [0, 0.05) is 10.6 Å². The van der Waals surface area contributed by atoms with Crippen LogP contribution >= 0.6 is 11.6 Å². The van der Waals surface area contributed by atoms with Crippen LogP contribution in [0.4, 0.5) is 8.78 Å². The van der Waals surface area contributed by atoms with E-state index in [-0.39, 0.29) is 11.1 Å². The number of carbonyl (C=O) groups excluding carboxylic acids is 1. The fourth-order valence-electron chi connectivity index (χ4n) is 2.28. The standard InChI is InChI=1S/C19H11ClF2O/c20-15-6-1-12(2-7-15)14-5-10-17(18(22)11-14)19(23)13-3-8-16(21)9-4-13/h1-11H. The topological polar surface area (TPSA) is 17.1 Å². The molecule has 0 saturated heterocycles. The van der Waals surface area contributed by atoms with Gasteiger partial charge in [-0.05, 0) is 59.7 Å². The van der Waals surface area contributed by atoms with Crippen LogP contribution in [0.5, 0.6) is 0 Å². The summed E-state index contributed by atoms with van der Waals surface area (Å²) in [6, 6.07) is 16.4. The summed E-state index contributed by atoms with van der Waals surface area (Å²) in [4.78, 5) is 12.3. The third-order valence-corrected chi connectivity index (χ3v) is 3.75. The maximum absolute atomic E-state index is 14.3. The molecule has 114 valence electrons. The van der Waals surface area contributed by atoms with E-state index < -0.39 is 17.4 Å². The molecule has 3 aromatic carbocycles. The van der Waals surface area contributed by atoms with Crippen molar-refractivity contribution in [3.8, 4) is 11.1 Å². The normalized spacial score (nSPS) is 10.6. The summed E-state index contributed by atoms with van der Waals surface area (Å²) >= 11 is 5.83. The highest BCUT2D eigenvalue weighted by atomic mass is 35.5. The van der Waals surface area contributed by atoms with Crippen molar-refractivity contribution >= 4 is 17.4 Å².